The van der Waals surface area contributed by atoms with Gasteiger partial charge in [0.05, 0.1) is 15.9 Å². The molecule has 1 aromatic rings. The zero-order valence-corrected chi connectivity index (χ0v) is 10.1. The summed E-state index contributed by atoms with van der Waals surface area (Å²) in [4.78, 5) is 21.3. The van der Waals surface area contributed by atoms with Gasteiger partial charge in [-0.15, -0.1) is 0 Å². The molecule has 0 spiro atoms. The van der Waals surface area contributed by atoms with Gasteiger partial charge in [0.1, 0.15) is 0 Å². The standard InChI is InChI=1S/C9H10BrN3O3/c1-11-5-9(14)12-6-2-3-7(10)8(4-6)13(15)16/h2-4,11H,5H2,1H3,(H,12,14). The van der Waals surface area contributed by atoms with E-state index in [1.807, 2.05) is 0 Å². The lowest BCUT2D eigenvalue weighted by Crippen LogP contribution is -2.25. The third-order valence-electron chi connectivity index (χ3n) is 1.76. The van der Waals surface area contributed by atoms with E-state index in [0.29, 0.717) is 10.2 Å². The first-order valence-corrected chi connectivity index (χ1v) is 5.22. The van der Waals surface area contributed by atoms with Crippen molar-refractivity contribution in [3.63, 3.8) is 0 Å². The Morgan fingerprint density at radius 1 is 1.56 bits per heavy atom. The number of nitro groups is 1. The first-order valence-electron chi connectivity index (χ1n) is 4.43. The van der Waals surface area contributed by atoms with Gasteiger partial charge >= 0.3 is 0 Å². The fraction of sp³-hybridized carbons (Fsp3) is 0.222. The normalized spacial score (nSPS) is 9.88. The van der Waals surface area contributed by atoms with E-state index in [2.05, 4.69) is 26.6 Å². The van der Waals surface area contributed by atoms with Gasteiger partial charge in [-0.1, -0.05) is 0 Å². The largest absolute Gasteiger partial charge is 0.325 e. The molecule has 16 heavy (non-hydrogen) atoms. The minimum absolute atomic E-state index is 0.0812. The topological polar surface area (TPSA) is 84.3 Å². The van der Waals surface area contributed by atoms with E-state index in [9.17, 15) is 14.9 Å². The molecule has 1 amide bonds. The van der Waals surface area contributed by atoms with Crippen LogP contribution in [0.4, 0.5) is 11.4 Å². The fourth-order valence-electron chi connectivity index (χ4n) is 1.10. The number of likely N-dealkylation sites (N-methyl/N-ethyl adjacent to an activating group) is 1. The third kappa shape index (κ3) is 3.28. The summed E-state index contributed by atoms with van der Waals surface area (Å²) in [6.07, 6.45) is 0. The lowest BCUT2D eigenvalue weighted by atomic mass is 10.3. The fourth-order valence-corrected chi connectivity index (χ4v) is 1.49. The molecular formula is C9H10BrN3O3. The molecule has 0 aliphatic carbocycles. The molecule has 0 fully saturated rings. The van der Waals surface area contributed by atoms with Crippen LogP contribution in [0, 0.1) is 10.1 Å². The molecule has 0 saturated carbocycles. The highest BCUT2D eigenvalue weighted by Gasteiger charge is 2.13. The van der Waals surface area contributed by atoms with Gasteiger partial charge in [-0.05, 0) is 35.1 Å². The number of nitrogens with one attached hydrogen (secondary N) is 2. The first-order chi connectivity index (χ1) is 7.54. The number of anilines is 1. The van der Waals surface area contributed by atoms with E-state index < -0.39 is 4.92 Å². The Kier molecular flexibility index (Phi) is 4.39. The van der Waals surface area contributed by atoms with Gasteiger partial charge in [0.15, 0.2) is 0 Å². The second-order valence-electron chi connectivity index (χ2n) is 3.00. The number of carbonyl (C=O) groups is 1. The molecule has 2 N–H and O–H groups in total. The van der Waals surface area contributed by atoms with Crippen LogP contribution in [0.15, 0.2) is 22.7 Å². The van der Waals surface area contributed by atoms with Crippen LogP contribution in [0.3, 0.4) is 0 Å². The second-order valence-corrected chi connectivity index (χ2v) is 3.86. The molecule has 0 heterocycles. The van der Waals surface area contributed by atoms with Crippen LogP contribution in [-0.2, 0) is 4.79 Å². The van der Waals surface area contributed by atoms with Gasteiger partial charge in [0.25, 0.3) is 5.69 Å². The van der Waals surface area contributed by atoms with Crippen molar-refractivity contribution < 1.29 is 9.72 Å². The summed E-state index contributed by atoms with van der Waals surface area (Å²) in [6.45, 7) is 0.157. The van der Waals surface area contributed by atoms with Crippen molar-refractivity contribution in [3.8, 4) is 0 Å². The van der Waals surface area contributed by atoms with E-state index >= 15 is 0 Å². The Hall–Kier alpha value is -1.47. The molecule has 0 atom stereocenters. The lowest BCUT2D eigenvalue weighted by Gasteiger charge is -2.04. The maximum atomic E-state index is 11.2. The van der Waals surface area contributed by atoms with Crippen LogP contribution in [-0.4, -0.2) is 24.4 Å². The highest BCUT2D eigenvalue weighted by molar-refractivity contribution is 9.10. The van der Waals surface area contributed by atoms with Crippen molar-refractivity contribution in [2.75, 3.05) is 18.9 Å². The quantitative estimate of drug-likeness (QED) is 0.649. The molecule has 86 valence electrons. The highest BCUT2D eigenvalue weighted by Crippen LogP contribution is 2.27. The Morgan fingerprint density at radius 2 is 2.25 bits per heavy atom. The summed E-state index contributed by atoms with van der Waals surface area (Å²) in [5.41, 5.74) is 0.317. The number of amides is 1. The number of hydrogen-bond donors (Lipinski definition) is 2. The summed E-state index contributed by atoms with van der Waals surface area (Å²) in [6, 6.07) is 4.41. The molecule has 1 rings (SSSR count). The molecule has 0 radical (unpaired) electrons. The molecule has 7 heteroatoms. The van der Waals surface area contributed by atoms with Crippen LogP contribution < -0.4 is 10.6 Å². The monoisotopic (exact) mass is 287 g/mol. The maximum Gasteiger partial charge on any atom is 0.285 e. The van der Waals surface area contributed by atoms with E-state index in [1.54, 1.807) is 13.1 Å². The third-order valence-corrected chi connectivity index (χ3v) is 2.43. The predicted octanol–water partition coefficient (Wildman–Crippen LogP) is 1.52. The first kappa shape index (κ1) is 12.6. The Bertz CT molecular complexity index is 422. The number of benzene rings is 1. The molecule has 0 unspecified atom stereocenters. The molecular weight excluding hydrogens is 278 g/mol. The van der Waals surface area contributed by atoms with E-state index in [-0.39, 0.29) is 18.1 Å². The average Bonchev–Trinajstić information content (AvgIpc) is 2.21. The van der Waals surface area contributed by atoms with Crippen molar-refractivity contribution in [3.05, 3.63) is 32.8 Å². The minimum atomic E-state index is -0.516. The van der Waals surface area contributed by atoms with Crippen LogP contribution in [0.1, 0.15) is 0 Å². The Morgan fingerprint density at radius 3 is 2.81 bits per heavy atom. The highest BCUT2D eigenvalue weighted by atomic mass is 79.9. The van der Waals surface area contributed by atoms with Crippen molar-refractivity contribution in [2.24, 2.45) is 0 Å². The lowest BCUT2D eigenvalue weighted by molar-refractivity contribution is -0.385. The number of hydrogen-bond acceptors (Lipinski definition) is 4. The van der Waals surface area contributed by atoms with E-state index in [0.717, 1.165) is 0 Å². The van der Waals surface area contributed by atoms with Crippen molar-refractivity contribution >= 4 is 33.2 Å². The predicted molar refractivity (Wildman–Crippen MR) is 63.4 cm³/mol. The van der Waals surface area contributed by atoms with Gasteiger partial charge < -0.3 is 10.6 Å². The Labute approximate surface area is 100 Å². The maximum absolute atomic E-state index is 11.2. The summed E-state index contributed by atoms with van der Waals surface area (Å²) in [5.74, 6) is -0.251. The number of carbonyl (C=O) groups excluding carboxylic acids is 1. The number of halogens is 1. The molecule has 0 saturated heterocycles. The molecule has 0 aromatic heterocycles. The summed E-state index contributed by atoms with van der Waals surface area (Å²) in [5, 5.41) is 15.9. The van der Waals surface area contributed by atoms with Gasteiger partial charge in [-0.3, -0.25) is 14.9 Å². The smallest absolute Gasteiger partial charge is 0.285 e. The molecule has 0 aliphatic rings. The van der Waals surface area contributed by atoms with E-state index in [1.165, 1.54) is 12.1 Å². The Balaban J connectivity index is 2.87. The zero-order valence-electron chi connectivity index (χ0n) is 8.49. The summed E-state index contributed by atoms with van der Waals surface area (Å²) in [7, 11) is 1.64. The van der Waals surface area contributed by atoms with Gasteiger partial charge in [-0.2, -0.15) is 0 Å². The van der Waals surface area contributed by atoms with Crippen molar-refractivity contribution in [1.29, 1.82) is 0 Å². The van der Waals surface area contributed by atoms with Crippen molar-refractivity contribution in [2.45, 2.75) is 0 Å². The van der Waals surface area contributed by atoms with Crippen molar-refractivity contribution in [1.82, 2.24) is 5.32 Å². The second kappa shape index (κ2) is 5.57. The van der Waals surface area contributed by atoms with Crippen LogP contribution in [0.25, 0.3) is 0 Å². The molecule has 0 bridgehead atoms. The average molecular weight is 288 g/mol. The van der Waals surface area contributed by atoms with Crippen LogP contribution in [0.2, 0.25) is 0 Å². The van der Waals surface area contributed by atoms with Gasteiger partial charge in [0.2, 0.25) is 5.91 Å². The number of rotatable bonds is 4. The molecule has 1 aromatic carbocycles. The molecule has 0 aliphatic heterocycles. The summed E-state index contributed by atoms with van der Waals surface area (Å²) < 4.78 is 0.379. The van der Waals surface area contributed by atoms with Gasteiger partial charge in [-0.25, -0.2) is 0 Å². The number of nitro benzene ring substituents is 1. The van der Waals surface area contributed by atoms with Crippen LogP contribution >= 0.6 is 15.9 Å². The molecule has 6 nitrogen and oxygen atoms in total. The SMILES string of the molecule is CNCC(=O)Nc1ccc(Br)c([N+](=O)[O-])c1. The van der Waals surface area contributed by atoms with Crippen LogP contribution in [0.5, 0.6) is 0 Å². The zero-order chi connectivity index (χ0) is 12.1. The minimum Gasteiger partial charge on any atom is -0.325 e. The van der Waals surface area contributed by atoms with E-state index in [4.69, 9.17) is 0 Å². The summed E-state index contributed by atoms with van der Waals surface area (Å²) >= 11 is 3.06. The van der Waals surface area contributed by atoms with Gasteiger partial charge in [0, 0.05) is 11.8 Å². The number of nitrogens with zero attached hydrogens (tertiary/aromatic N) is 1.